The van der Waals surface area contributed by atoms with Crippen LogP contribution >= 0.6 is 11.3 Å². The fraction of sp³-hybridized carbons (Fsp3) is 0.350. The molecule has 3 aliphatic heterocycles. The van der Waals surface area contributed by atoms with Crippen molar-refractivity contribution in [1.29, 1.82) is 0 Å². The van der Waals surface area contributed by atoms with Crippen molar-refractivity contribution < 1.29 is 4.79 Å². The Morgan fingerprint density at radius 1 is 1.15 bits per heavy atom. The van der Waals surface area contributed by atoms with Gasteiger partial charge in [0.15, 0.2) is 5.13 Å². The summed E-state index contributed by atoms with van der Waals surface area (Å²) in [6.45, 7) is 3.20. The van der Waals surface area contributed by atoms with E-state index in [1.165, 1.54) is 22.0 Å². The van der Waals surface area contributed by atoms with Gasteiger partial charge in [-0.1, -0.05) is 23.5 Å². The van der Waals surface area contributed by atoms with E-state index < -0.39 is 0 Å². The highest BCUT2D eigenvalue weighted by molar-refractivity contribution is 7.20. The summed E-state index contributed by atoms with van der Waals surface area (Å²) in [5, 5.41) is 3.76. The van der Waals surface area contributed by atoms with Crippen LogP contribution in [0, 0.1) is 5.92 Å². The largest absolute Gasteiger partial charge is 0.348 e. The number of hydrogen-bond acceptors (Lipinski definition) is 5. The Balaban J connectivity index is 1.43. The molecule has 6 nitrogen and oxygen atoms in total. The number of pyridine rings is 1. The summed E-state index contributed by atoms with van der Waals surface area (Å²) < 4.78 is 2.48. The molecule has 27 heavy (non-hydrogen) atoms. The number of fused-ring (bicyclic) bond motifs is 4. The van der Waals surface area contributed by atoms with Crippen molar-refractivity contribution in [3.8, 4) is 5.13 Å². The Labute approximate surface area is 160 Å². The van der Waals surface area contributed by atoms with E-state index >= 15 is 0 Å². The Bertz CT molecular complexity index is 1030. The molecule has 1 N–H and O–H groups in total. The minimum atomic E-state index is -0.187. The summed E-state index contributed by atoms with van der Waals surface area (Å²) in [6, 6.07) is 11.0. The van der Waals surface area contributed by atoms with Gasteiger partial charge in [0.05, 0.1) is 15.8 Å². The second-order valence-electron chi connectivity index (χ2n) is 7.31. The number of aromatic nitrogens is 2. The molecule has 2 bridgehead atoms. The van der Waals surface area contributed by atoms with Crippen LogP contribution in [0.2, 0.25) is 0 Å². The van der Waals surface area contributed by atoms with Crippen molar-refractivity contribution in [1.82, 2.24) is 19.8 Å². The molecule has 2 aromatic heterocycles. The molecule has 5 heterocycles. The average Bonchev–Trinajstić information content (AvgIpc) is 3.13. The van der Waals surface area contributed by atoms with Crippen LogP contribution in [0.25, 0.3) is 15.3 Å². The van der Waals surface area contributed by atoms with Gasteiger partial charge in [-0.3, -0.25) is 14.2 Å². The SMILES string of the molecule is O=C(NC1CN2CCC1CC2)c1ccc(=O)n(-c2nc3ccccc3s2)c1. The van der Waals surface area contributed by atoms with Gasteiger partial charge in [-0.05, 0) is 50.0 Å². The number of carbonyl (C=O) groups is 1. The number of carbonyl (C=O) groups excluding carboxylic acids is 1. The first-order valence-electron chi connectivity index (χ1n) is 9.29. The highest BCUT2D eigenvalue weighted by Gasteiger charge is 2.35. The molecular weight excluding hydrogens is 360 g/mol. The molecule has 0 radical (unpaired) electrons. The average molecular weight is 380 g/mol. The minimum Gasteiger partial charge on any atom is -0.348 e. The zero-order valence-electron chi connectivity index (χ0n) is 14.8. The first-order chi connectivity index (χ1) is 13.2. The smallest absolute Gasteiger partial charge is 0.256 e. The van der Waals surface area contributed by atoms with Gasteiger partial charge in [-0.2, -0.15) is 0 Å². The van der Waals surface area contributed by atoms with Crippen molar-refractivity contribution in [3.05, 3.63) is 58.5 Å². The van der Waals surface area contributed by atoms with Crippen molar-refractivity contribution >= 4 is 27.5 Å². The van der Waals surface area contributed by atoms with Crippen LogP contribution in [0.15, 0.2) is 47.4 Å². The summed E-state index contributed by atoms with van der Waals surface area (Å²) in [5.41, 5.74) is 1.16. The van der Waals surface area contributed by atoms with Gasteiger partial charge >= 0.3 is 0 Å². The molecule has 3 saturated heterocycles. The maximum atomic E-state index is 12.8. The van der Waals surface area contributed by atoms with Gasteiger partial charge in [0.25, 0.3) is 11.5 Å². The highest BCUT2D eigenvalue weighted by atomic mass is 32.1. The predicted molar refractivity (Wildman–Crippen MR) is 106 cm³/mol. The molecule has 0 saturated carbocycles. The van der Waals surface area contributed by atoms with E-state index in [4.69, 9.17) is 0 Å². The van der Waals surface area contributed by atoms with E-state index in [-0.39, 0.29) is 17.5 Å². The standard InChI is InChI=1S/C20H20N4O2S/c25-18-6-5-14(19(26)21-16-12-23-9-7-13(16)8-10-23)11-24(18)20-22-15-3-1-2-4-17(15)27-20/h1-6,11,13,16H,7-10,12H2,(H,21,26). The summed E-state index contributed by atoms with van der Waals surface area (Å²) in [4.78, 5) is 32.1. The lowest BCUT2D eigenvalue weighted by molar-refractivity contribution is 0.0620. The monoisotopic (exact) mass is 380 g/mol. The molecule has 3 aliphatic rings. The van der Waals surface area contributed by atoms with Gasteiger partial charge < -0.3 is 10.2 Å². The summed E-state index contributed by atoms with van der Waals surface area (Å²) in [7, 11) is 0. The van der Waals surface area contributed by atoms with Crippen molar-refractivity contribution in [2.45, 2.75) is 18.9 Å². The van der Waals surface area contributed by atoms with Crippen LogP contribution in [-0.2, 0) is 0 Å². The normalized spacial score (nSPS) is 24.2. The van der Waals surface area contributed by atoms with Gasteiger partial charge in [-0.15, -0.1) is 0 Å². The van der Waals surface area contributed by atoms with E-state index in [1.807, 2.05) is 24.3 Å². The van der Waals surface area contributed by atoms with Crippen molar-refractivity contribution in [3.63, 3.8) is 0 Å². The Morgan fingerprint density at radius 2 is 1.96 bits per heavy atom. The quantitative estimate of drug-likeness (QED) is 0.757. The Hall–Kier alpha value is -2.51. The lowest BCUT2D eigenvalue weighted by Gasteiger charge is -2.44. The zero-order valence-corrected chi connectivity index (χ0v) is 15.6. The molecule has 1 unspecified atom stereocenters. The van der Waals surface area contributed by atoms with Crippen LogP contribution in [0.4, 0.5) is 0 Å². The molecule has 3 aromatic rings. The zero-order chi connectivity index (χ0) is 18.4. The van der Waals surface area contributed by atoms with E-state index in [1.54, 1.807) is 12.3 Å². The Kier molecular flexibility index (Phi) is 4.06. The third-order valence-electron chi connectivity index (χ3n) is 5.63. The van der Waals surface area contributed by atoms with Crippen LogP contribution in [0.5, 0.6) is 0 Å². The van der Waals surface area contributed by atoms with E-state index in [0.717, 1.165) is 42.7 Å². The van der Waals surface area contributed by atoms with Crippen LogP contribution in [-0.4, -0.2) is 46.0 Å². The molecule has 6 rings (SSSR count). The van der Waals surface area contributed by atoms with Gasteiger partial charge in [-0.25, -0.2) is 4.98 Å². The van der Waals surface area contributed by atoms with Gasteiger partial charge in [0.1, 0.15) is 0 Å². The topological polar surface area (TPSA) is 67.2 Å². The maximum absolute atomic E-state index is 12.8. The first-order valence-corrected chi connectivity index (χ1v) is 10.1. The van der Waals surface area contributed by atoms with E-state index in [2.05, 4.69) is 15.2 Å². The number of hydrogen-bond donors (Lipinski definition) is 1. The number of para-hydroxylation sites is 1. The molecule has 138 valence electrons. The molecular formula is C20H20N4O2S. The number of thiazole rings is 1. The second kappa shape index (κ2) is 6.58. The molecule has 3 fully saturated rings. The Morgan fingerprint density at radius 3 is 2.70 bits per heavy atom. The number of amides is 1. The molecule has 0 aliphatic carbocycles. The van der Waals surface area contributed by atoms with Crippen LogP contribution in [0.1, 0.15) is 23.2 Å². The molecule has 1 atom stereocenters. The second-order valence-corrected chi connectivity index (χ2v) is 8.32. The number of nitrogens with zero attached hydrogens (tertiary/aromatic N) is 3. The predicted octanol–water partition coefficient (Wildman–Crippen LogP) is 2.27. The number of nitrogens with one attached hydrogen (secondary N) is 1. The number of piperidine rings is 3. The number of rotatable bonds is 3. The van der Waals surface area contributed by atoms with Crippen LogP contribution < -0.4 is 10.9 Å². The highest BCUT2D eigenvalue weighted by Crippen LogP contribution is 2.28. The van der Waals surface area contributed by atoms with E-state index in [0.29, 0.717) is 16.6 Å². The lowest BCUT2D eigenvalue weighted by Crippen LogP contribution is -2.57. The van der Waals surface area contributed by atoms with Gasteiger partial charge in [0.2, 0.25) is 0 Å². The fourth-order valence-corrected chi connectivity index (χ4v) is 5.06. The molecule has 0 spiro atoms. The summed E-state index contributed by atoms with van der Waals surface area (Å²) in [5.74, 6) is 0.442. The minimum absolute atomic E-state index is 0.122. The van der Waals surface area contributed by atoms with Crippen molar-refractivity contribution in [2.75, 3.05) is 19.6 Å². The van der Waals surface area contributed by atoms with Gasteiger partial charge in [0, 0.05) is 24.8 Å². The van der Waals surface area contributed by atoms with Crippen molar-refractivity contribution in [2.24, 2.45) is 5.92 Å². The molecule has 1 amide bonds. The first kappa shape index (κ1) is 16.6. The lowest BCUT2D eigenvalue weighted by atomic mass is 9.84. The summed E-state index contributed by atoms with van der Waals surface area (Å²) in [6.07, 6.45) is 3.91. The molecule has 1 aromatic carbocycles. The van der Waals surface area contributed by atoms with Crippen LogP contribution in [0.3, 0.4) is 0 Å². The van der Waals surface area contributed by atoms with E-state index in [9.17, 15) is 9.59 Å². The fourth-order valence-electron chi connectivity index (χ4n) is 4.11. The number of benzene rings is 1. The third-order valence-corrected chi connectivity index (χ3v) is 6.67. The summed E-state index contributed by atoms with van der Waals surface area (Å²) >= 11 is 1.44. The molecule has 7 heteroatoms. The maximum Gasteiger partial charge on any atom is 0.256 e. The third kappa shape index (κ3) is 3.07.